The fraction of sp³-hybridized carbons (Fsp3) is 0.143. The number of benzene rings is 1. The van der Waals surface area contributed by atoms with Gasteiger partial charge in [-0.1, -0.05) is 12.1 Å². The Balaban J connectivity index is 2.33. The lowest BCUT2D eigenvalue weighted by Gasteiger charge is -2.05. The maximum Gasteiger partial charge on any atom is 0.258 e. The maximum absolute atomic E-state index is 12.1. The first-order valence-electron chi connectivity index (χ1n) is 5.70. The number of amides is 1. The molecule has 0 saturated carbocycles. The number of hydrogen-bond acceptors (Lipinski definition) is 4. The summed E-state index contributed by atoms with van der Waals surface area (Å²) in [5, 5.41) is 12.5. The zero-order valence-electron chi connectivity index (χ0n) is 10.7. The third-order valence-electron chi connectivity index (χ3n) is 2.93. The maximum atomic E-state index is 12.1. The van der Waals surface area contributed by atoms with Crippen molar-refractivity contribution in [2.45, 2.75) is 13.8 Å². The van der Waals surface area contributed by atoms with Gasteiger partial charge < -0.3 is 11.1 Å². The predicted octanol–water partition coefficient (Wildman–Crippen LogP) is 3.07. The average molecular weight is 271 g/mol. The van der Waals surface area contributed by atoms with Gasteiger partial charge in [-0.25, -0.2) is 0 Å². The number of nitrogens with zero attached hydrogens (tertiary/aromatic N) is 1. The Morgan fingerprint density at radius 3 is 2.68 bits per heavy atom. The fourth-order valence-electron chi connectivity index (χ4n) is 1.72. The largest absolute Gasteiger partial charge is 0.398 e. The van der Waals surface area contributed by atoms with Gasteiger partial charge in [-0.2, -0.15) is 5.26 Å². The van der Waals surface area contributed by atoms with E-state index < -0.39 is 0 Å². The monoisotopic (exact) mass is 271 g/mol. The van der Waals surface area contributed by atoms with Gasteiger partial charge >= 0.3 is 0 Å². The van der Waals surface area contributed by atoms with Crippen molar-refractivity contribution in [3.8, 4) is 6.07 Å². The van der Waals surface area contributed by atoms with Crippen LogP contribution in [-0.4, -0.2) is 5.91 Å². The molecule has 0 saturated heterocycles. The lowest BCUT2D eigenvalue weighted by atomic mass is 10.1. The van der Waals surface area contributed by atoms with Crippen LogP contribution < -0.4 is 11.1 Å². The average Bonchev–Trinajstić information content (AvgIpc) is 2.64. The molecule has 1 amide bonds. The van der Waals surface area contributed by atoms with E-state index in [0.29, 0.717) is 21.8 Å². The SMILES string of the molecule is Cc1sc(NC(=O)c2ccccc2N)c(C#N)c1C. The van der Waals surface area contributed by atoms with Crippen molar-refractivity contribution in [2.24, 2.45) is 0 Å². The molecule has 0 bridgehead atoms. The number of nitrogens with one attached hydrogen (secondary N) is 1. The number of carbonyl (C=O) groups excluding carboxylic acids is 1. The molecule has 0 radical (unpaired) electrons. The van der Waals surface area contributed by atoms with E-state index in [9.17, 15) is 4.79 Å². The number of thiophene rings is 1. The quantitative estimate of drug-likeness (QED) is 0.824. The predicted molar refractivity (Wildman–Crippen MR) is 77.3 cm³/mol. The zero-order valence-corrected chi connectivity index (χ0v) is 11.5. The van der Waals surface area contributed by atoms with E-state index in [4.69, 9.17) is 11.0 Å². The first-order chi connectivity index (χ1) is 9.04. The fourth-order valence-corrected chi connectivity index (χ4v) is 2.73. The highest BCUT2D eigenvalue weighted by atomic mass is 32.1. The number of rotatable bonds is 2. The Kier molecular flexibility index (Phi) is 3.54. The van der Waals surface area contributed by atoms with E-state index in [2.05, 4.69) is 11.4 Å². The third kappa shape index (κ3) is 2.44. The summed E-state index contributed by atoms with van der Waals surface area (Å²) in [7, 11) is 0. The van der Waals surface area contributed by atoms with E-state index in [1.165, 1.54) is 11.3 Å². The van der Waals surface area contributed by atoms with Crippen LogP contribution in [0.15, 0.2) is 24.3 Å². The van der Waals surface area contributed by atoms with Gasteiger partial charge in [0.25, 0.3) is 5.91 Å². The van der Waals surface area contributed by atoms with Gasteiger partial charge in [0.1, 0.15) is 11.1 Å². The Morgan fingerprint density at radius 2 is 2.05 bits per heavy atom. The minimum Gasteiger partial charge on any atom is -0.398 e. The number of anilines is 2. The van der Waals surface area contributed by atoms with Crippen LogP contribution in [0.25, 0.3) is 0 Å². The molecule has 1 aromatic carbocycles. The van der Waals surface area contributed by atoms with Crippen LogP contribution in [-0.2, 0) is 0 Å². The van der Waals surface area contributed by atoms with Crippen molar-refractivity contribution in [1.82, 2.24) is 0 Å². The van der Waals surface area contributed by atoms with Gasteiger partial charge in [0, 0.05) is 10.6 Å². The van der Waals surface area contributed by atoms with E-state index in [1.54, 1.807) is 24.3 Å². The van der Waals surface area contributed by atoms with Gasteiger partial charge in [-0.15, -0.1) is 11.3 Å². The normalized spacial score (nSPS) is 9.95. The van der Waals surface area contributed by atoms with Crippen LogP contribution in [0.3, 0.4) is 0 Å². The van der Waals surface area contributed by atoms with Crippen molar-refractivity contribution in [2.75, 3.05) is 11.1 Å². The smallest absolute Gasteiger partial charge is 0.258 e. The molecule has 0 aliphatic heterocycles. The summed E-state index contributed by atoms with van der Waals surface area (Å²) in [5.41, 5.74) is 8.02. The Hall–Kier alpha value is -2.32. The molecule has 0 spiro atoms. The van der Waals surface area contributed by atoms with Gasteiger partial charge in [0.15, 0.2) is 0 Å². The van der Waals surface area contributed by atoms with E-state index in [-0.39, 0.29) is 5.91 Å². The molecular weight excluding hydrogens is 258 g/mol. The third-order valence-corrected chi connectivity index (χ3v) is 4.05. The molecule has 0 aliphatic rings. The molecule has 19 heavy (non-hydrogen) atoms. The van der Waals surface area contributed by atoms with Crippen molar-refractivity contribution in [1.29, 1.82) is 5.26 Å². The standard InChI is InChI=1S/C14H13N3OS/c1-8-9(2)19-14(11(8)7-15)17-13(18)10-5-3-4-6-12(10)16/h3-6H,16H2,1-2H3,(H,17,18). The highest BCUT2D eigenvalue weighted by Gasteiger charge is 2.16. The molecule has 4 nitrogen and oxygen atoms in total. The Bertz CT molecular complexity index is 682. The molecule has 2 rings (SSSR count). The van der Waals surface area contributed by atoms with Crippen molar-refractivity contribution >= 4 is 27.9 Å². The summed E-state index contributed by atoms with van der Waals surface area (Å²) < 4.78 is 0. The van der Waals surface area contributed by atoms with E-state index in [0.717, 1.165) is 10.4 Å². The van der Waals surface area contributed by atoms with Crippen LogP contribution in [0.2, 0.25) is 0 Å². The Morgan fingerprint density at radius 1 is 1.37 bits per heavy atom. The van der Waals surface area contributed by atoms with Crippen LogP contribution in [0, 0.1) is 25.2 Å². The molecular formula is C14H13N3OS. The molecule has 1 aromatic heterocycles. The highest BCUT2D eigenvalue weighted by molar-refractivity contribution is 7.16. The van der Waals surface area contributed by atoms with E-state index >= 15 is 0 Å². The van der Waals surface area contributed by atoms with Gasteiger partial charge in [0.05, 0.1) is 11.1 Å². The lowest BCUT2D eigenvalue weighted by Crippen LogP contribution is -2.13. The highest BCUT2D eigenvalue weighted by Crippen LogP contribution is 2.32. The van der Waals surface area contributed by atoms with Gasteiger partial charge in [-0.3, -0.25) is 4.79 Å². The first-order valence-corrected chi connectivity index (χ1v) is 6.52. The summed E-state index contributed by atoms with van der Waals surface area (Å²) in [6.45, 7) is 3.80. The van der Waals surface area contributed by atoms with Crippen LogP contribution >= 0.6 is 11.3 Å². The lowest BCUT2D eigenvalue weighted by molar-refractivity contribution is 0.102. The molecule has 96 valence electrons. The number of nitriles is 1. The number of nitrogen functional groups attached to an aromatic ring is 1. The number of para-hydroxylation sites is 1. The molecule has 1 heterocycles. The molecule has 0 aliphatic carbocycles. The minimum atomic E-state index is -0.296. The number of nitrogens with two attached hydrogens (primary N) is 1. The van der Waals surface area contributed by atoms with E-state index in [1.807, 2.05) is 13.8 Å². The van der Waals surface area contributed by atoms with Crippen LogP contribution in [0.4, 0.5) is 10.7 Å². The van der Waals surface area contributed by atoms with Crippen LogP contribution in [0.5, 0.6) is 0 Å². The molecule has 0 fully saturated rings. The minimum absolute atomic E-state index is 0.296. The molecule has 0 atom stereocenters. The summed E-state index contributed by atoms with van der Waals surface area (Å²) in [6, 6.07) is 8.97. The molecule has 2 aromatic rings. The van der Waals surface area contributed by atoms with Crippen molar-refractivity contribution < 1.29 is 4.79 Å². The Labute approximate surface area is 115 Å². The van der Waals surface area contributed by atoms with Crippen molar-refractivity contribution in [3.05, 3.63) is 45.8 Å². The van der Waals surface area contributed by atoms with Crippen molar-refractivity contribution in [3.63, 3.8) is 0 Å². The molecule has 0 unspecified atom stereocenters. The second-order valence-electron chi connectivity index (χ2n) is 4.14. The summed E-state index contributed by atoms with van der Waals surface area (Å²) >= 11 is 1.40. The number of aryl methyl sites for hydroxylation is 1. The number of carbonyl (C=O) groups is 1. The summed E-state index contributed by atoms with van der Waals surface area (Å²) in [4.78, 5) is 13.2. The van der Waals surface area contributed by atoms with Gasteiger partial charge in [0.2, 0.25) is 0 Å². The second kappa shape index (κ2) is 5.12. The zero-order chi connectivity index (χ0) is 14.0. The topological polar surface area (TPSA) is 78.9 Å². The molecule has 3 N–H and O–H groups in total. The second-order valence-corrected chi connectivity index (χ2v) is 5.37. The van der Waals surface area contributed by atoms with Crippen LogP contribution in [0.1, 0.15) is 26.4 Å². The molecule has 5 heteroatoms. The summed E-state index contributed by atoms with van der Waals surface area (Å²) in [5.74, 6) is -0.296. The number of hydrogen-bond donors (Lipinski definition) is 2. The van der Waals surface area contributed by atoms with Gasteiger partial charge in [-0.05, 0) is 31.5 Å². The summed E-state index contributed by atoms with van der Waals surface area (Å²) in [6.07, 6.45) is 0. The first kappa shape index (κ1) is 13.1.